The highest BCUT2D eigenvalue weighted by Gasteiger charge is 2.19. The summed E-state index contributed by atoms with van der Waals surface area (Å²) in [5, 5.41) is 3.98. The number of benzene rings is 2. The van der Waals surface area contributed by atoms with Gasteiger partial charge in [-0.3, -0.25) is 0 Å². The molecule has 3 rings (SSSR count). The Labute approximate surface area is 173 Å². The Morgan fingerprint density at radius 2 is 1.93 bits per heavy atom. The van der Waals surface area contributed by atoms with Crippen molar-refractivity contribution in [1.29, 1.82) is 0 Å². The Bertz CT molecular complexity index is 761. The van der Waals surface area contributed by atoms with Crippen molar-refractivity contribution < 1.29 is 13.9 Å². The molecular formula is C21H24BrClFNO2. The smallest absolute Gasteiger partial charge is 0.167 e. The van der Waals surface area contributed by atoms with Crippen molar-refractivity contribution in [1.82, 2.24) is 5.32 Å². The van der Waals surface area contributed by atoms with Crippen LogP contribution in [0.25, 0.3) is 0 Å². The molecule has 1 aliphatic carbocycles. The van der Waals surface area contributed by atoms with Crippen molar-refractivity contribution >= 4 is 27.5 Å². The van der Waals surface area contributed by atoms with Gasteiger partial charge in [0.2, 0.25) is 0 Å². The number of hydrogen-bond acceptors (Lipinski definition) is 3. The fourth-order valence-corrected chi connectivity index (χ4v) is 4.10. The van der Waals surface area contributed by atoms with Crippen LogP contribution in [0, 0.1) is 5.82 Å². The molecule has 0 spiro atoms. The molecule has 0 aromatic heterocycles. The van der Waals surface area contributed by atoms with Gasteiger partial charge in [0.25, 0.3) is 0 Å². The normalized spacial score (nSPS) is 15.0. The van der Waals surface area contributed by atoms with Crippen LogP contribution in [0.2, 0.25) is 5.02 Å². The molecule has 0 amide bonds. The third-order valence-electron chi connectivity index (χ3n) is 4.98. The Kier molecular flexibility index (Phi) is 7.39. The zero-order valence-electron chi connectivity index (χ0n) is 15.4. The van der Waals surface area contributed by atoms with Gasteiger partial charge in [0.15, 0.2) is 11.5 Å². The van der Waals surface area contributed by atoms with Gasteiger partial charge in [-0.15, -0.1) is 0 Å². The summed E-state index contributed by atoms with van der Waals surface area (Å²) in [6.07, 6.45) is 6.25. The molecule has 2 aromatic carbocycles. The van der Waals surface area contributed by atoms with Crippen molar-refractivity contribution in [2.75, 3.05) is 7.11 Å². The van der Waals surface area contributed by atoms with E-state index < -0.39 is 0 Å². The number of nitrogens with one attached hydrogen (secondary N) is 1. The van der Waals surface area contributed by atoms with Crippen molar-refractivity contribution in [3.05, 3.63) is 56.8 Å². The minimum atomic E-state index is -0.377. The van der Waals surface area contributed by atoms with Gasteiger partial charge in [-0.1, -0.05) is 52.9 Å². The van der Waals surface area contributed by atoms with E-state index in [0.717, 1.165) is 10.0 Å². The lowest BCUT2D eigenvalue weighted by Crippen LogP contribution is -2.30. The molecule has 3 nitrogen and oxygen atoms in total. The number of halogens is 3. The Hall–Kier alpha value is -1.30. The molecule has 0 atom stereocenters. The third kappa shape index (κ3) is 5.15. The lowest BCUT2D eigenvalue weighted by atomic mass is 9.95. The van der Waals surface area contributed by atoms with Crippen molar-refractivity contribution in [3.63, 3.8) is 0 Å². The molecule has 0 radical (unpaired) electrons. The van der Waals surface area contributed by atoms with Gasteiger partial charge >= 0.3 is 0 Å². The topological polar surface area (TPSA) is 30.5 Å². The summed E-state index contributed by atoms with van der Waals surface area (Å²) in [5.74, 6) is 0.846. The molecule has 1 saturated carbocycles. The second-order valence-electron chi connectivity index (χ2n) is 6.76. The SMILES string of the molecule is COc1ccc(Br)c(CNC2CCCCC2)c1OCc1c(F)cccc1Cl. The zero-order chi connectivity index (χ0) is 19.2. The number of ether oxygens (including phenoxy) is 2. The average molecular weight is 457 g/mol. The second-order valence-corrected chi connectivity index (χ2v) is 8.02. The maximum atomic E-state index is 14.1. The largest absolute Gasteiger partial charge is 0.493 e. The van der Waals surface area contributed by atoms with Gasteiger partial charge in [0.1, 0.15) is 12.4 Å². The minimum absolute atomic E-state index is 0.0365. The summed E-state index contributed by atoms with van der Waals surface area (Å²) in [6, 6.07) is 8.93. The van der Waals surface area contributed by atoms with Gasteiger partial charge in [-0.2, -0.15) is 0 Å². The highest BCUT2D eigenvalue weighted by atomic mass is 79.9. The summed E-state index contributed by atoms with van der Waals surface area (Å²) in [4.78, 5) is 0. The molecule has 146 valence electrons. The summed E-state index contributed by atoms with van der Waals surface area (Å²) < 4.78 is 26.5. The summed E-state index contributed by atoms with van der Waals surface area (Å²) in [5.41, 5.74) is 1.31. The first-order chi connectivity index (χ1) is 13.1. The quantitative estimate of drug-likeness (QED) is 0.534. The van der Waals surface area contributed by atoms with Crippen molar-refractivity contribution in [3.8, 4) is 11.5 Å². The van der Waals surface area contributed by atoms with Gasteiger partial charge in [0.05, 0.1) is 12.1 Å². The van der Waals surface area contributed by atoms with Crippen LogP contribution >= 0.6 is 27.5 Å². The van der Waals surface area contributed by atoms with Crippen LogP contribution in [-0.2, 0) is 13.2 Å². The van der Waals surface area contributed by atoms with Crippen LogP contribution in [0.1, 0.15) is 43.2 Å². The molecule has 1 aliphatic rings. The first-order valence-corrected chi connectivity index (χ1v) is 10.4. The molecule has 2 aromatic rings. The molecular weight excluding hydrogens is 433 g/mol. The number of hydrogen-bond donors (Lipinski definition) is 1. The highest BCUT2D eigenvalue weighted by molar-refractivity contribution is 9.10. The van der Waals surface area contributed by atoms with E-state index in [4.69, 9.17) is 21.1 Å². The van der Waals surface area contributed by atoms with E-state index in [1.807, 2.05) is 12.1 Å². The molecule has 0 aliphatic heterocycles. The summed E-state index contributed by atoms with van der Waals surface area (Å²) in [7, 11) is 1.60. The van der Waals surface area contributed by atoms with Crippen LogP contribution < -0.4 is 14.8 Å². The minimum Gasteiger partial charge on any atom is -0.493 e. The Morgan fingerprint density at radius 3 is 2.63 bits per heavy atom. The van der Waals surface area contributed by atoms with Crippen molar-refractivity contribution in [2.24, 2.45) is 0 Å². The van der Waals surface area contributed by atoms with E-state index in [2.05, 4.69) is 21.2 Å². The molecule has 1 fully saturated rings. The van der Waals surface area contributed by atoms with Crippen LogP contribution in [0.15, 0.2) is 34.8 Å². The molecule has 0 heterocycles. The molecule has 0 unspecified atom stereocenters. The van der Waals surface area contributed by atoms with E-state index >= 15 is 0 Å². The molecule has 6 heteroatoms. The van der Waals surface area contributed by atoms with E-state index in [0.29, 0.717) is 34.7 Å². The third-order valence-corrected chi connectivity index (χ3v) is 6.08. The predicted octanol–water partition coefficient (Wildman–Crippen LogP) is 6.25. The van der Waals surface area contributed by atoms with Gasteiger partial charge in [0, 0.05) is 28.2 Å². The summed E-state index contributed by atoms with van der Waals surface area (Å²) >= 11 is 9.75. The second kappa shape index (κ2) is 9.76. The number of rotatable bonds is 7. The zero-order valence-corrected chi connectivity index (χ0v) is 17.7. The van der Waals surface area contributed by atoms with Crippen LogP contribution in [0.3, 0.4) is 0 Å². The lowest BCUT2D eigenvalue weighted by Gasteiger charge is -2.24. The lowest BCUT2D eigenvalue weighted by molar-refractivity contribution is 0.274. The maximum Gasteiger partial charge on any atom is 0.167 e. The monoisotopic (exact) mass is 455 g/mol. The Morgan fingerprint density at radius 1 is 1.15 bits per heavy atom. The number of methoxy groups -OCH3 is 1. The molecule has 27 heavy (non-hydrogen) atoms. The first-order valence-electron chi connectivity index (χ1n) is 9.24. The fourth-order valence-electron chi connectivity index (χ4n) is 3.43. The van der Waals surface area contributed by atoms with Crippen LogP contribution in [0.5, 0.6) is 11.5 Å². The van der Waals surface area contributed by atoms with Crippen molar-refractivity contribution in [2.45, 2.75) is 51.3 Å². The van der Waals surface area contributed by atoms with E-state index in [9.17, 15) is 4.39 Å². The summed E-state index contributed by atoms with van der Waals surface area (Å²) in [6.45, 7) is 0.692. The van der Waals surface area contributed by atoms with E-state index in [1.165, 1.54) is 38.2 Å². The van der Waals surface area contributed by atoms with Crippen LogP contribution in [-0.4, -0.2) is 13.2 Å². The average Bonchev–Trinajstić information content (AvgIpc) is 2.68. The fraction of sp³-hybridized carbons (Fsp3) is 0.429. The molecule has 0 saturated heterocycles. The highest BCUT2D eigenvalue weighted by Crippen LogP contribution is 2.37. The maximum absolute atomic E-state index is 14.1. The van der Waals surface area contributed by atoms with E-state index in [1.54, 1.807) is 19.2 Å². The first kappa shape index (κ1) is 20.4. The van der Waals surface area contributed by atoms with Gasteiger partial charge < -0.3 is 14.8 Å². The Balaban J connectivity index is 1.80. The van der Waals surface area contributed by atoms with E-state index in [-0.39, 0.29) is 12.4 Å². The van der Waals surface area contributed by atoms with Gasteiger partial charge in [-0.05, 0) is 37.1 Å². The van der Waals surface area contributed by atoms with Gasteiger partial charge in [-0.25, -0.2) is 4.39 Å². The molecule has 0 bridgehead atoms. The van der Waals surface area contributed by atoms with Crippen LogP contribution in [0.4, 0.5) is 4.39 Å². The standard InChI is InChI=1S/C21H24BrClFNO2/c1-26-20-11-10-17(22)15(12-25-14-6-3-2-4-7-14)21(20)27-13-16-18(23)8-5-9-19(16)24/h5,8-11,14,25H,2-4,6-7,12-13H2,1H3. The predicted molar refractivity (Wildman–Crippen MR) is 110 cm³/mol. The molecule has 1 N–H and O–H groups in total.